The average molecular weight is 375 g/mol. The van der Waals surface area contributed by atoms with Crippen LogP contribution in [0.25, 0.3) is 0 Å². The fraction of sp³-hybridized carbons (Fsp3) is 0.222. The van der Waals surface area contributed by atoms with Gasteiger partial charge in [0.1, 0.15) is 0 Å². The summed E-state index contributed by atoms with van der Waals surface area (Å²) in [6.07, 6.45) is 0.766. The Labute approximate surface area is 121 Å². The van der Waals surface area contributed by atoms with Gasteiger partial charge in [-0.25, -0.2) is 4.79 Å². The molecule has 1 aromatic carbocycles. The van der Waals surface area contributed by atoms with Gasteiger partial charge in [0.15, 0.2) is 0 Å². The van der Waals surface area contributed by atoms with Crippen LogP contribution in [-0.2, 0) is 34.1 Å². The SMILES string of the molecule is CCc1ccccc1C(=O)O.[Hg].[NaH]. The number of carboxylic acids is 1. The van der Waals surface area contributed by atoms with Gasteiger partial charge >= 0.3 is 35.5 Å². The molecule has 13 heavy (non-hydrogen) atoms. The van der Waals surface area contributed by atoms with Gasteiger partial charge in [-0.3, -0.25) is 0 Å². The third kappa shape index (κ3) is 4.59. The van der Waals surface area contributed by atoms with E-state index in [0.717, 1.165) is 12.0 Å². The van der Waals surface area contributed by atoms with Crippen LogP contribution in [0, 0.1) is 0 Å². The second-order valence-electron chi connectivity index (χ2n) is 2.32. The topological polar surface area (TPSA) is 37.3 Å². The van der Waals surface area contributed by atoms with Crippen molar-refractivity contribution in [3.05, 3.63) is 35.4 Å². The minimum absolute atomic E-state index is 0. The van der Waals surface area contributed by atoms with Crippen LogP contribution in [0.5, 0.6) is 0 Å². The molecule has 0 amide bonds. The Balaban J connectivity index is 0. The molecule has 2 nitrogen and oxygen atoms in total. The first-order valence-corrected chi connectivity index (χ1v) is 3.57. The van der Waals surface area contributed by atoms with Crippen molar-refractivity contribution in [2.45, 2.75) is 13.3 Å². The predicted molar refractivity (Wildman–Crippen MR) is 49.9 cm³/mol. The molecular weight excluding hydrogens is 364 g/mol. The van der Waals surface area contributed by atoms with Crippen molar-refractivity contribution in [1.82, 2.24) is 0 Å². The Hall–Kier alpha value is 0.625. The monoisotopic (exact) mass is 376 g/mol. The standard InChI is InChI=1S/C9H10O2.Hg.Na.H/c1-2-7-5-3-4-6-8(7)9(10)11;;;/h3-6H,2H2,1H3,(H,10,11);;;. The van der Waals surface area contributed by atoms with E-state index in [4.69, 9.17) is 5.11 Å². The molecule has 0 saturated heterocycles. The summed E-state index contributed by atoms with van der Waals surface area (Å²) in [6, 6.07) is 7.05. The summed E-state index contributed by atoms with van der Waals surface area (Å²) < 4.78 is 0. The van der Waals surface area contributed by atoms with E-state index in [1.807, 2.05) is 19.1 Å². The van der Waals surface area contributed by atoms with Gasteiger partial charge in [0.05, 0.1) is 5.56 Å². The third-order valence-corrected chi connectivity index (χ3v) is 1.63. The van der Waals surface area contributed by atoms with E-state index in [9.17, 15) is 4.79 Å². The summed E-state index contributed by atoms with van der Waals surface area (Å²) in [6.45, 7) is 1.95. The van der Waals surface area contributed by atoms with E-state index >= 15 is 0 Å². The molecule has 0 aliphatic rings. The molecule has 0 aliphatic heterocycles. The molecule has 0 radical (unpaired) electrons. The van der Waals surface area contributed by atoms with Crippen molar-refractivity contribution in [3.63, 3.8) is 0 Å². The molecule has 0 spiro atoms. The van der Waals surface area contributed by atoms with Gasteiger partial charge < -0.3 is 5.11 Å². The number of rotatable bonds is 2. The van der Waals surface area contributed by atoms with E-state index in [1.165, 1.54) is 0 Å². The Morgan fingerprint density at radius 3 is 2.31 bits per heavy atom. The third-order valence-electron chi connectivity index (χ3n) is 1.63. The number of benzene rings is 1. The average Bonchev–Trinajstić information content (AvgIpc) is 2.04. The maximum absolute atomic E-state index is 10.6. The van der Waals surface area contributed by atoms with Crippen LogP contribution in [-0.4, -0.2) is 40.6 Å². The number of aromatic carboxylic acids is 1. The molecule has 0 aliphatic carbocycles. The second-order valence-corrected chi connectivity index (χ2v) is 2.32. The van der Waals surface area contributed by atoms with Crippen LogP contribution in [0.15, 0.2) is 24.3 Å². The molecule has 0 atom stereocenters. The van der Waals surface area contributed by atoms with Crippen molar-refractivity contribution < 1.29 is 37.6 Å². The zero-order chi connectivity index (χ0) is 8.27. The van der Waals surface area contributed by atoms with Gasteiger partial charge in [0, 0.05) is 27.7 Å². The fourth-order valence-electron chi connectivity index (χ4n) is 1.04. The molecule has 62 valence electrons. The molecule has 0 fully saturated rings. The Bertz CT molecular complexity index is 276. The zero-order valence-electron chi connectivity index (χ0n) is 7.08. The molecule has 0 bridgehead atoms. The van der Waals surface area contributed by atoms with Gasteiger partial charge in [0.2, 0.25) is 0 Å². The summed E-state index contributed by atoms with van der Waals surface area (Å²) in [5.41, 5.74) is 1.30. The number of hydrogen-bond donors (Lipinski definition) is 1. The normalized spacial score (nSPS) is 8.08. The van der Waals surface area contributed by atoms with Gasteiger partial charge in [-0.1, -0.05) is 25.1 Å². The first-order chi connectivity index (χ1) is 5.25. The second kappa shape index (κ2) is 7.98. The Morgan fingerprint density at radius 2 is 1.92 bits per heavy atom. The summed E-state index contributed by atoms with van der Waals surface area (Å²) in [4.78, 5) is 10.6. The number of aryl methyl sites for hydroxylation is 1. The van der Waals surface area contributed by atoms with Crippen LogP contribution >= 0.6 is 0 Å². The fourth-order valence-corrected chi connectivity index (χ4v) is 1.04. The summed E-state index contributed by atoms with van der Waals surface area (Å²) in [5.74, 6) is -0.845. The predicted octanol–water partition coefficient (Wildman–Crippen LogP) is 1.30. The Morgan fingerprint density at radius 1 is 1.38 bits per heavy atom. The van der Waals surface area contributed by atoms with Gasteiger partial charge in [-0.05, 0) is 18.1 Å². The van der Waals surface area contributed by atoms with Crippen LogP contribution in [0.2, 0.25) is 0 Å². The van der Waals surface area contributed by atoms with Gasteiger partial charge in [0.25, 0.3) is 0 Å². The number of carboxylic acid groups (broad SMARTS) is 1. The van der Waals surface area contributed by atoms with Crippen molar-refractivity contribution in [2.24, 2.45) is 0 Å². The van der Waals surface area contributed by atoms with E-state index in [0.29, 0.717) is 5.56 Å². The van der Waals surface area contributed by atoms with Crippen LogP contribution in [0.3, 0.4) is 0 Å². The molecule has 1 aromatic rings. The quantitative estimate of drug-likeness (QED) is 0.792. The molecule has 0 heterocycles. The summed E-state index contributed by atoms with van der Waals surface area (Å²) >= 11 is 0. The van der Waals surface area contributed by atoms with Gasteiger partial charge in [-0.15, -0.1) is 0 Å². The number of hydrogen-bond acceptors (Lipinski definition) is 1. The van der Waals surface area contributed by atoms with E-state index in [2.05, 4.69) is 0 Å². The molecule has 1 rings (SSSR count). The Kier molecular flexibility index (Phi) is 9.86. The van der Waals surface area contributed by atoms with Gasteiger partial charge in [-0.2, -0.15) is 0 Å². The molecule has 1 N–H and O–H groups in total. The van der Waals surface area contributed by atoms with Crippen LogP contribution < -0.4 is 0 Å². The van der Waals surface area contributed by atoms with Crippen molar-refractivity contribution in [3.8, 4) is 0 Å². The van der Waals surface area contributed by atoms with E-state index in [-0.39, 0.29) is 57.2 Å². The van der Waals surface area contributed by atoms with Crippen molar-refractivity contribution >= 4 is 35.5 Å². The zero-order valence-corrected chi connectivity index (χ0v) is 12.6. The van der Waals surface area contributed by atoms with Crippen molar-refractivity contribution in [1.29, 1.82) is 0 Å². The van der Waals surface area contributed by atoms with Crippen LogP contribution in [0.1, 0.15) is 22.8 Å². The van der Waals surface area contributed by atoms with Crippen molar-refractivity contribution in [2.75, 3.05) is 0 Å². The van der Waals surface area contributed by atoms with E-state index < -0.39 is 5.97 Å². The molecule has 0 unspecified atom stereocenters. The molecule has 0 saturated carbocycles. The molecular formula is C9H11HgNaO2. The maximum atomic E-state index is 10.6. The number of carbonyl (C=O) groups is 1. The summed E-state index contributed by atoms with van der Waals surface area (Å²) in [7, 11) is 0. The van der Waals surface area contributed by atoms with Crippen LogP contribution in [0.4, 0.5) is 0 Å². The summed E-state index contributed by atoms with van der Waals surface area (Å²) in [5, 5.41) is 8.70. The molecule has 4 heteroatoms. The minimum atomic E-state index is -0.845. The molecule has 0 aromatic heterocycles. The first kappa shape index (κ1) is 16.1. The van der Waals surface area contributed by atoms with E-state index in [1.54, 1.807) is 12.1 Å². The first-order valence-electron chi connectivity index (χ1n) is 3.57.